The lowest BCUT2D eigenvalue weighted by Crippen LogP contribution is -2.50. The van der Waals surface area contributed by atoms with Crippen LogP contribution in [-0.2, 0) is 28.6 Å². The molecule has 0 aliphatic rings. The number of nitrogens with zero attached hydrogens (tertiary/aromatic N) is 1. The van der Waals surface area contributed by atoms with Gasteiger partial charge in [-0.1, -0.05) is 150 Å². The molecule has 59 heavy (non-hydrogen) atoms. The van der Waals surface area contributed by atoms with E-state index >= 15 is 0 Å². The van der Waals surface area contributed by atoms with Crippen LogP contribution in [-0.4, -0.2) is 80.6 Å². The summed E-state index contributed by atoms with van der Waals surface area (Å²) in [4.78, 5) is 37.1. The van der Waals surface area contributed by atoms with Crippen LogP contribution >= 0.6 is 0 Å². The zero-order valence-corrected chi connectivity index (χ0v) is 38.2. The van der Waals surface area contributed by atoms with Crippen molar-refractivity contribution in [3.05, 3.63) is 85.1 Å². The van der Waals surface area contributed by atoms with Gasteiger partial charge in [0.25, 0.3) is 0 Å². The molecule has 0 bridgehead atoms. The summed E-state index contributed by atoms with van der Waals surface area (Å²) in [5, 5.41) is 9.63. The van der Waals surface area contributed by atoms with E-state index in [9.17, 15) is 19.5 Å². The quantitative estimate of drug-likeness (QED) is 0.0284. The van der Waals surface area contributed by atoms with Gasteiger partial charge in [-0.3, -0.25) is 9.59 Å². The number of unbranched alkanes of at least 4 members (excludes halogenated alkanes) is 12. The standard InChI is InChI=1S/C51H85NO7/c1-6-8-10-12-14-16-18-20-22-24-25-26-28-29-31-33-35-37-39-41-49(53)58-46-47(45-57-44-43-48(51(55)56)52(3,4)5)59-50(54)42-40-38-36-34-32-30-27-23-21-19-17-15-13-11-9-7-2/h8-11,14-17,20-23,25-26,47-48H,6-7,12-13,18-19,24,27-46H2,1-5H3/p+1/b10-8+,11-9+,16-14+,17-15+,22-20+,23-21+,26-25+. The molecule has 0 spiro atoms. The van der Waals surface area contributed by atoms with Crippen LogP contribution in [0.15, 0.2) is 85.1 Å². The predicted octanol–water partition coefficient (Wildman–Crippen LogP) is 12.9. The van der Waals surface area contributed by atoms with E-state index in [-0.39, 0.29) is 36.2 Å². The van der Waals surface area contributed by atoms with Gasteiger partial charge >= 0.3 is 17.9 Å². The monoisotopic (exact) mass is 825 g/mol. The lowest BCUT2D eigenvalue weighted by Gasteiger charge is -2.31. The molecular weight excluding hydrogens is 739 g/mol. The molecule has 0 radical (unpaired) electrons. The summed E-state index contributed by atoms with van der Waals surface area (Å²) in [5.74, 6) is -1.51. The van der Waals surface area contributed by atoms with Crippen LogP contribution < -0.4 is 0 Å². The summed E-state index contributed by atoms with van der Waals surface area (Å²) >= 11 is 0. The number of hydrogen-bond donors (Lipinski definition) is 1. The van der Waals surface area contributed by atoms with Crippen LogP contribution in [0.2, 0.25) is 0 Å². The first-order valence-corrected chi connectivity index (χ1v) is 23.1. The molecule has 0 aromatic heterocycles. The Kier molecular flexibility index (Phi) is 38.8. The van der Waals surface area contributed by atoms with E-state index in [0.717, 1.165) is 109 Å². The third-order valence-electron chi connectivity index (χ3n) is 9.79. The van der Waals surface area contributed by atoms with Gasteiger partial charge in [0.05, 0.1) is 34.4 Å². The number of ether oxygens (including phenoxy) is 3. The number of esters is 2. The molecule has 0 fully saturated rings. The van der Waals surface area contributed by atoms with Gasteiger partial charge in [0.2, 0.25) is 0 Å². The van der Waals surface area contributed by atoms with Gasteiger partial charge in [0, 0.05) is 19.3 Å². The van der Waals surface area contributed by atoms with Crippen molar-refractivity contribution in [3.8, 4) is 0 Å². The fourth-order valence-corrected chi connectivity index (χ4v) is 6.27. The Hall–Kier alpha value is -3.49. The average molecular weight is 825 g/mol. The van der Waals surface area contributed by atoms with E-state index in [2.05, 4.69) is 98.9 Å². The second-order valence-corrected chi connectivity index (χ2v) is 16.2. The second-order valence-electron chi connectivity index (χ2n) is 16.2. The number of likely N-dealkylation sites (N-methyl/N-ethyl adjacent to an activating group) is 1. The Labute approximate surface area is 361 Å². The van der Waals surface area contributed by atoms with Crippen LogP contribution in [0.4, 0.5) is 0 Å². The summed E-state index contributed by atoms with van der Waals surface area (Å²) < 4.78 is 17.3. The largest absolute Gasteiger partial charge is 0.477 e. The van der Waals surface area contributed by atoms with E-state index in [4.69, 9.17) is 14.2 Å². The lowest BCUT2D eigenvalue weighted by molar-refractivity contribution is -0.887. The molecule has 2 atom stereocenters. The van der Waals surface area contributed by atoms with Gasteiger partial charge in [0.1, 0.15) is 6.61 Å². The molecule has 0 amide bonds. The van der Waals surface area contributed by atoms with Crippen molar-refractivity contribution in [3.63, 3.8) is 0 Å². The van der Waals surface area contributed by atoms with E-state index in [0.29, 0.717) is 19.3 Å². The summed E-state index contributed by atoms with van der Waals surface area (Å²) in [6.45, 7) is 4.47. The van der Waals surface area contributed by atoms with Crippen molar-refractivity contribution >= 4 is 17.9 Å². The second kappa shape index (κ2) is 41.3. The Morgan fingerprint density at radius 3 is 1.32 bits per heavy atom. The molecule has 0 aromatic rings. The van der Waals surface area contributed by atoms with Crippen LogP contribution in [0.25, 0.3) is 0 Å². The SMILES string of the molecule is CC/C=C/C/C=C/C/C=C/C/C=C/CCCCCCCCC(=O)OCC(COCCC(C(=O)O)[N+](C)(C)C)OC(=O)CCCCCCCC/C=C/C/C=C/C/C=C/CC. The van der Waals surface area contributed by atoms with Crippen LogP contribution in [0, 0.1) is 0 Å². The average Bonchev–Trinajstić information content (AvgIpc) is 3.19. The minimum absolute atomic E-state index is 0.0461. The number of carbonyl (C=O) groups excluding carboxylic acids is 2. The highest BCUT2D eigenvalue weighted by Gasteiger charge is 2.31. The molecule has 8 nitrogen and oxygen atoms in total. The topological polar surface area (TPSA) is 99.1 Å². The van der Waals surface area contributed by atoms with Gasteiger partial charge < -0.3 is 23.8 Å². The maximum Gasteiger partial charge on any atom is 0.362 e. The molecular formula is C51H86NO7+. The van der Waals surface area contributed by atoms with Gasteiger partial charge in [-0.2, -0.15) is 0 Å². The van der Waals surface area contributed by atoms with Crippen LogP contribution in [0.1, 0.15) is 168 Å². The zero-order valence-electron chi connectivity index (χ0n) is 38.2. The zero-order chi connectivity index (χ0) is 43.5. The highest BCUT2D eigenvalue weighted by molar-refractivity contribution is 5.72. The number of carboxylic acids is 1. The molecule has 0 aliphatic heterocycles. The molecule has 336 valence electrons. The first-order chi connectivity index (χ1) is 28.6. The Morgan fingerprint density at radius 1 is 0.508 bits per heavy atom. The fourth-order valence-electron chi connectivity index (χ4n) is 6.27. The minimum Gasteiger partial charge on any atom is -0.477 e. The molecule has 0 heterocycles. The summed E-state index contributed by atoms with van der Waals surface area (Å²) in [7, 11) is 5.51. The van der Waals surface area contributed by atoms with Crippen molar-refractivity contribution in [1.82, 2.24) is 0 Å². The Balaban J connectivity index is 4.37. The van der Waals surface area contributed by atoms with Crippen LogP contribution in [0.3, 0.4) is 0 Å². The van der Waals surface area contributed by atoms with E-state index in [1.807, 2.05) is 21.1 Å². The van der Waals surface area contributed by atoms with Crippen LogP contribution in [0.5, 0.6) is 0 Å². The molecule has 0 rings (SSSR count). The third-order valence-corrected chi connectivity index (χ3v) is 9.79. The number of allylic oxidation sites excluding steroid dienone is 14. The Morgan fingerprint density at radius 2 is 0.898 bits per heavy atom. The minimum atomic E-state index is -0.883. The van der Waals surface area contributed by atoms with Crippen molar-refractivity contribution in [2.24, 2.45) is 0 Å². The number of carboxylic acid groups (broad SMARTS) is 1. The molecule has 1 N–H and O–H groups in total. The highest BCUT2D eigenvalue weighted by Crippen LogP contribution is 2.13. The van der Waals surface area contributed by atoms with Crippen molar-refractivity contribution in [2.45, 2.75) is 180 Å². The predicted molar refractivity (Wildman–Crippen MR) is 247 cm³/mol. The van der Waals surface area contributed by atoms with E-state index in [1.165, 1.54) is 25.7 Å². The first kappa shape index (κ1) is 55.5. The Bertz CT molecular complexity index is 1240. The maximum absolute atomic E-state index is 12.7. The fraction of sp³-hybridized carbons (Fsp3) is 0.667. The molecule has 0 saturated heterocycles. The number of aliphatic carboxylic acids is 1. The van der Waals surface area contributed by atoms with E-state index < -0.39 is 18.1 Å². The van der Waals surface area contributed by atoms with Crippen molar-refractivity contribution < 1.29 is 38.2 Å². The maximum atomic E-state index is 12.7. The lowest BCUT2D eigenvalue weighted by atomic mass is 10.1. The normalized spacial score (nSPS) is 13.7. The smallest absolute Gasteiger partial charge is 0.362 e. The van der Waals surface area contributed by atoms with Gasteiger partial charge in [-0.15, -0.1) is 0 Å². The number of quaternary nitrogens is 1. The summed E-state index contributed by atoms with van der Waals surface area (Å²) in [5.41, 5.74) is 0. The van der Waals surface area contributed by atoms with E-state index in [1.54, 1.807) is 0 Å². The molecule has 0 aliphatic carbocycles. The highest BCUT2D eigenvalue weighted by atomic mass is 16.6. The third kappa shape index (κ3) is 39.7. The number of carbonyl (C=O) groups is 3. The van der Waals surface area contributed by atoms with Crippen molar-refractivity contribution in [2.75, 3.05) is 41.0 Å². The number of hydrogen-bond acceptors (Lipinski definition) is 6. The van der Waals surface area contributed by atoms with Gasteiger partial charge in [-0.25, -0.2) is 4.79 Å². The summed E-state index contributed by atoms with van der Waals surface area (Å²) in [6.07, 6.45) is 53.4. The van der Waals surface area contributed by atoms with Gasteiger partial charge in [0.15, 0.2) is 12.1 Å². The molecule has 8 heteroatoms. The first-order valence-electron chi connectivity index (χ1n) is 23.1. The molecule has 0 saturated carbocycles. The number of rotatable bonds is 40. The summed E-state index contributed by atoms with van der Waals surface area (Å²) in [6, 6.07) is -0.624. The van der Waals surface area contributed by atoms with Gasteiger partial charge in [-0.05, 0) is 83.5 Å². The van der Waals surface area contributed by atoms with Crippen molar-refractivity contribution in [1.29, 1.82) is 0 Å². The molecule has 2 unspecified atom stereocenters. The molecule has 0 aromatic carbocycles.